The molecule has 80 valence electrons. The molecule has 0 fully saturated rings. The van der Waals surface area contributed by atoms with E-state index in [2.05, 4.69) is 15.4 Å². The number of aromatic nitrogens is 5. The number of aliphatic hydroxyl groups is 1. The molecular weight excluding hydrogens is 194 g/mol. The van der Waals surface area contributed by atoms with Crippen LogP contribution in [0.2, 0.25) is 0 Å². The Balaban J connectivity index is 2.41. The van der Waals surface area contributed by atoms with E-state index in [1.165, 1.54) is 0 Å². The summed E-state index contributed by atoms with van der Waals surface area (Å²) in [5, 5.41) is 21.3. The number of aryl methyl sites for hydroxylation is 2. The molecule has 15 heavy (non-hydrogen) atoms. The molecule has 0 saturated heterocycles. The second kappa shape index (κ2) is 3.47. The van der Waals surface area contributed by atoms with E-state index < -0.39 is 6.10 Å². The Morgan fingerprint density at radius 1 is 1.40 bits per heavy atom. The minimum Gasteiger partial charge on any atom is -0.387 e. The number of hydrogen-bond donors (Lipinski definition) is 1. The van der Waals surface area contributed by atoms with E-state index in [0.717, 1.165) is 11.4 Å². The van der Waals surface area contributed by atoms with Crippen molar-refractivity contribution in [3.63, 3.8) is 0 Å². The number of aliphatic hydroxyl groups excluding tert-OH is 1. The van der Waals surface area contributed by atoms with Crippen molar-refractivity contribution in [1.29, 1.82) is 0 Å². The van der Waals surface area contributed by atoms with Gasteiger partial charge in [0.15, 0.2) is 0 Å². The molecule has 0 amide bonds. The van der Waals surface area contributed by atoms with Gasteiger partial charge in [-0.2, -0.15) is 5.10 Å². The first-order valence-corrected chi connectivity index (χ1v) is 4.69. The Labute approximate surface area is 87.1 Å². The molecule has 0 aliphatic carbocycles. The predicted octanol–water partition coefficient (Wildman–Crippen LogP) is 0.363. The first kappa shape index (κ1) is 9.85. The highest BCUT2D eigenvalue weighted by Gasteiger charge is 2.10. The van der Waals surface area contributed by atoms with Crippen molar-refractivity contribution in [2.45, 2.75) is 20.0 Å². The molecule has 2 aromatic rings. The maximum Gasteiger partial charge on any atom is 0.111 e. The molecule has 1 unspecified atom stereocenters. The van der Waals surface area contributed by atoms with Crippen LogP contribution in [0.3, 0.4) is 0 Å². The Morgan fingerprint density at radius 2 is 2.13 bits per heavy atom. The largest absolute Gasteiger partial charge is 0.387 e. The average Bonchev–Trinajstić information content (AvgIpc) is 2.71. The smallest absolute Gasteiger partial charge is 0.111 e. The van der Waals surface area contributed by atoms with E-state index in [1.807, 2.05) is 20.2 Å². The van der Waals surface area contributed by atoms with Crippen molar-refractivity contribution in [3.05, 3.63) is 23.8 Å². The fraction of sp³-hybridized carbons (Fsp3) is 0.444. The van der Waals surface area contributed by atoms with Crippen LogP contribution in [0.5, 0.6) is 0 Å². The SMILES string of the molecule is Cc1nn(C)cc1-n1cc(C(C)O)nn1. The van der Waals surface area contributed by atoms with Crippen molar-refractivity contribution in [2.24, 2.45) is 7.05 Å². The monoisotopic (exact) mass is 207 g/mol. The van der Waals surface area contributed by atoms with Crippen LogP contribution in [0.15, 0.2) is 12.4 Å². The zero-order valence-corrected chi connectivity index (χ0v) is 8.92. The minimum absolute atomic E-state index is 0.554. The molecule has 2 heterocycles. The van der Waals surface area contributed by atoms with Crippen LogP contribution in [0, 0.1) is 6.92 Å². The third-order valence-electron chi connectivity index (χ3n) is 2.17. The quantitative estimate of drug-likeness (QED) is 0.772. The lowest BCUT2D eigenvalue weighted by Gasteiger charge is -1.96. The maximum atomic E-state index is 9.32. The van der Waals surface area contributed by atoms with Crippen LogP contribution >= 0.6 is 0 Å². The summed E-state index contributed by atoms with van der Waals surface area (Å²) in [6.07, 6.45) is 2.96. The summed E-state index contributed by atoms with van der Waals surface area (Å²) in [4.78, 5) is 0. The molecule has 1 N–H and O–H groups in total. The maximum absolute atomic E-state index is 9.32. The zero-order chi connectivity index (χ0) is 11.0. The van der Waals surface area contributed by atoms with E-state index >= 15 is 0 Å². The molecule has 0 aliphatic rings. The second-order valence-corrected chi connectivity index (χ2v) is 3.54. The first-order chi connectivity index (χ1) is 7.08. The molecule has 0 bridgehead atoms. The molecular formula is C9H13N5O. The minimum atomic E-state index is -0.601. The van der Waals surface area contributed by atoms with Crippen LogP contribution in [0.4, 0.5) is 0 Å². The fourth-order valence-corrected chi connectivity index (χ4v) is 1.40. The zero-order valence-electron chi connectivity index (χ0n) is 8.92. The van der Waals surface area contributed by atoms with Crippen LogP contribution in [-0.4, -0.2) is 29.9 Å². The molecule has 2 aromatic heterocycles. The summed E-state index contributed by atoms with van der Waals surface area (Å²) in [7, 11) is 1.85. The van der Waals surface area contributed by atoms with Crippen molar-refractivity contribution >= 4 is 0 Å². The number of nitrogens with zero attached hydrogens (tertiary/aromatic N) is 5. The lowest BCUT2D eigenvalue weighted by Crippen LogP contribution is -1.95. The Bertz CT molecular complexity index is 471. The molecule has 2 rings (SSSR count). The Morgan fingerprint density at radius 3 is 2.60 bits per heavy atom. The molecule has 0 radical (unpaired) electrons. The molecule has 6 nitrogen and oxygen atoms in total. The van der Waals surface area contributed by atoms with Crippen molar-refractivity contribution in [1.82, 2.24) is 24.8 Å². The standard InChI is InChI=1S/C9H13N5O/c1-6-9(5-13(3)11-6)14-4-8(7(2)15)10-12-14/h4-5,7,15H,1-3H3. The summed E-state index contributed by atoms with van der Waals surface area (Å²) in [5.74, 6) is 0. The highest BCUT2D eigenvalue weighted by Crippen LogP contribution is 2.13. The molecule has 6 heteroatoms. The van der Waals surface area contributed by atoms with Gasteiger partial charge in [-0.15, -0.1) is 5.10 Å². The molecule has 0 saturated carbocycles. The van der Waals surface area contributed by atoms with Crippen molar-refractivity contribution < 1.29 is 5.11 Å². The normalized spacial score (nSPS) is 13.1. The highest BCUT2D eigenvalue weighted by molar-refractivity contribution is 5.32. The van der Waals surface area contributed by atoms with Gasteiger partial charge in [-0.3, -0.25) is 4.68 Å². The molecule has 1 atom stereocenters. The van der Waals surface area contributed by atoms with Gasteiger partial charge in [0.2, 0.25) is 0 Å². The van der Waals surface area contributed by atoms with E-state index in [-0.39, 0.29) is 0 Å². The van der Waals surface area contributed by atoms with Gasteiger partial charge in [-0.25, -0.2) is 4.68 Å². The topological polar surface area (TPSA) is 68.8 Å². The molecule has 0 aliphatic heterocycles. The van der Waals surface area contributed by atoms with Crippen molar-refractivity contribution in [3.8, 4) is 5.69 Å². The summed E-state index contributed by atoms with van der Waals surface area (Å²) in [5.41, 5.74) is 2.30. The second-order valence-electron chi connectivity index (χ2n) is 3.54. The van der Waals surface area contributed by atoms with Crippen molar-refractivity contribution in [2.75, 3.05) is 0 Å². The van der Waals surface area contributed by atoms with Gasteiger partial charge < -0.3 is 5.11 Å². The van der Waals surface area contributed by atoms with Crippen LogP contribution in [-0.2, 0) is 7.05 Å². The van der Waals surface area contributed by atoms with E-state index in [9.17, 15) is 5.11 Å². The number of rotatable bonds is 2. The predicted molar refractivity (Wildman–Crippen MR) is 53.5 cm³/mol. The summed E-state index contributed by atoms with van der Waals surface area (Å²) in [6.45, 7) is 3.56. The van der Waals surface area contributed by atoms with Gasteiger partial charge in [-0.1, -0.05) is 5.21 Å². The summed E-state index contributed by atoms with van der Waals surface area (Å²) < 4.78 is 3.33. The van der Waals surface area contributed by atoms with Gasteiger partial charge in [-0.05, 0) is 13.8 Å². The van der Waals surface area contributed by atoms with Crippen LogP contribution in [0.1, 0.15) is 24.4 Å². The first-order valence-electron chi connectivity index (χ1n) is 4.69. The lowest BCUT2D eigenvalue weighted by atomic mass is 10.3. The van der Waals surface area contributed by atoms with Gasteiger partial charge in [0.25, 0.3) is 0 Å². The van der Waals surface area contributed by atoms with Crippen LogP contribution in [0.25, 0.3) is 5.69 Å². The van der Waals surface area contributed by atoms with Crippen LogP contribution < -0.4 is 0 Å². The van der Waals surface area contributed by atoms with E-state index in [4.69, 9.17) is 0 Å². The molecule has 0 aromatic carbocycles. The Kier molecular flexibility index (Phi) is 2.28. The number of hydrogen-bond acceptors (Lipinski definition) is 4. The van der Waals surface area contributed by atoms with Gasteiger partial charge in [0.1, 0.15) is 11.4 Å². The molecule has 0 spiro atoms. The third-order valence-corrected chi connectivity index (χ3v) is 2.17. The highest BCUT2D eigenvalue weighted by atomic mass is 16.3. The lowest BCUT2D eigenvalue weighted by molar-refractivity contribution is 0.194. The fourth-order valence-electron chi connectivity index (χ4n) is 1.40. The summed E-state index contributed by atoms with van der Waals surface area (Å²) in [6, 6.07) is 0. The third kappa shape index (κ3) is 1.75. The average molecular weight is 207 g/mol. The van der Waals surface area contributed by atoms with E-state index in [1.54, 1.807) is 22.5 Å². The van der Waals surface area contributed by atoms with Gasteiger partial charge >= 0.3 is 0 Å². The van der Waals surface area contributed by atoms with E-state index in [0.29, 0.717) is 5.69 Å². The van der Waals surface area contributed by atoms with Gasteiger partial charge in [0.05, 0.1) is 24.2 Å². The summed E-state index contributed by atoms with van der Waals surface area (Å²) >= 11 is 0. The van der Waals surface area contributed by atoms with Gasteiger partial charge in [0, 0.05) is 7.05 Å². The Hall–Kier alpha value is -1.69.